The summed E-state index contributed by atoms with van der Waals surface area (Å²) in [7, 11) is 0. The summed E-state index contributed by atoms with van der Waals surface area (Å²) in [4.78, 5) is -0.880. The fourth-order valence-electron chi connectivity index (χ4n) is 2.38. The van der Waals surface area contributed by atoms with Gasteiger partial charge in [-0.3, -0.25) is 0 Å². The molecule has 0 unspecified atom stereocenters. The Labute approximate surface area is 143 Å². The van der Waals surface area contributed by atoms with Gasteiger partial charge in [0.25, 0.3) is 0 Å². The molecule has 0 nitrogen and oxygen atoms in total. The molecular formula is C16H12F6S2. The minimum Gasteiger partial charge on any atom is -0.160 e. The molecular weight excluding hydrogens is 370 g/mol. The van der Waals surface area contributed by atoms with E-state index in [0.717, 1.165) is 6.07 Å². The van der Waals surface area contributed by atoms with Crippen LogP contribution in [0.25, 0.3) is 11.1 Å². The predicted octanol–water partition coefficient (Wildman–Crippen LogP) is 7.19. The lowest BCUT2D eigenvalue weighted by Crippen LogP contribution is -2.05. The predicted molar refractivity (Wildman–Crippen MR) is 85.2 cm³/mol. The highest BCUT2D eigenvalue weighted by Crippen LogP contribution is 2.50. The van der Waals surface area contributed by atoms with Gasteiger partial charge in [-0.2, -0.15) is 26.3 Å². The largest absolute Gasteiger partial charge is 0.446 e. The van der Waals surface area contributed by atoms with Crippen LogP contribution in [-0.2, 0) is 0 Å². The maximum absolute atomic E-state index is 12.9. The SMILES string of the molecule is Cc1cccc(C)c1-c1cccc(SC(F)(F)F)c1SC(F)(F)F. The van der Waals surface area contributed by atoms with E-state index < -0.39 is 44.3 Å². The lowest BCUT2D eigenvalue weighted by atomic mass is 9.96. The van der Waals surface area contributed by atoms with E-state index in [0.29, 0.717) is 16.7 Å². The summed E-state index contributed by atoms with van der Waals surface area (Å²) in [5.41, 5.74) is -7.27. The molecule has 0 saturated carbocycles. The van der Waals surface area contributed by atoms with Gasteiger partial charge in [0, 0.05) is 9.79 Å². The number of hydrogen-bond donors (Lipinski definition) is 0. The van der Waals surface area contributed by atoms with E-state index >= 15 is 0 Å². The highest BCUT2D eigenvalue weighted by molar-refractivity contribution is 8.03. The van der Waals surface area contributed by atoms with Crippen LogP contribution in [0.5, 0.6) is 0 Å². The van der Waals surface area contributed by atoms with E-state index in [1.54, 1.807) is 32.0 Å². The molecule has 2 aromatic rings. The summed E-state index contributed by atoms with van der Waals surface area (Å²) in [5.74, 6) is 0. The first kappa shape index (κ1) is 19.1. The minimum atomic E-state index is -4.69. The smallest absolute Gasteiger partial charge is 0.160 e. The van der Waals surface area contributed by atoms with Gasteiger partial charge in [0.15, 0.2) is 0 Å². The van der Waals surface area contributed by atoms with Crippen molar-refractivity contribution in [3.63, 3.8) is 0 Å². The van der Waals surface area contributed by atoms with Crippen LogP contribution in [0.3, 0.4) is 0 Å². The number of hydrogen-bond acceptors (Lipinski definition) is 2. The molecule has 0 atom stereocenters. The van der Waals surface area contributed by atoms with Crippen LogP contribution >= 0.6 is 23.5 Å². The third kappa shape index (κ3) is 4.86. The number of alkyl halides is 6. The van der Waals surface area contributed by atoms with Crippen molar-refractivity contribution in [3.8, 4) is 11.1 Å². The first-order valence-corrected chi connectivity index (χ1v) is 8.32. The van der Waals surface area contributed by atoms with Crippen molar-refractivity contribution in [2.75, 3.05) is 0 Å². The van der Waals surface area contributed by atoms with Crippen molar-refractivity contribution >= 4 is 23.5 Å². The zero-order valence-electron chi connectivity index (χ0n) is 12.5. The molecule has 0 N–H and O–H groups in total. The number of halogens is 6. The molecule has 0 amide bonds. The topological polar surface area (TPSA) is 0 Å². The van der Waals surface area contributed by atoms with E-state index in [2.05, 4.69) is 0 Å². The molecule has 2 aromatic carbocycles. The molecule has 0 aliphatic rings. The molecule has 8 heteroatoms. The number of rotatable bonds is 3. The maximum Gasteiger partial charge on any atom is 0.446 e. The van der Waals surface area contributed by atoms with Crippen LogP contribution in [-0.4, -0.2) is 11.0 Å². The summed E-state index contributed by atoms with van der Waals surface area (Å²) in [6.07, 6.45) is 0. The molecule has 2 rings (SSSR count). The fraction of sp³-hybridized carbons (Fsp3) is 0.250. The van der Waals surface area contributed by atoms with E-state index in [1.165, 1.54) is 12.1 Å². The summed E-state index contributed by atoms with van der Waals surface area (Å²) < 4.78 is 76.9. The Kier molecular flexibility index (Phi) is 5.49. The number of aryl methyl sites for hydroxylation is 2. The van der Waals surface area contributed by atoms with Gasteiger partial charge in [-0.25, -0.2) is 0 Å². The second-order valence-electron chi connectivity index (χ2n) is 5.00. The van der Waals surface area contributed by atoms with Gasteiger partial charge in [0.1, 0.15) is 0 Å². The number of thioether (sulfide) groups is 2. The minimum absolute atomic E-state index is 0.155. The molecule has 24 heavy (non-hydrogen) atoms. The molecule has 0 heterocycles. The van der Waals surface area contributed by atoms with Crippen molar-refractivity contribution in [1.82, 2.24) is 0 Å². The second-order valence-corrected chi connectivity index (χ2v) is 7.18. The van der Waals surface area contributed by atoms with Crippen LogP contribution in [0.15, 0.2) is 46.2 Å². The van der Waals surface area contributed by atoms with Crippen molar-refractivity contribution in [2.45, 2.75) is 34.7 Å². The summed E-state index contributed by atoms with van der Waals surface area (Å²) >= 11 is -1.05. The first-order valence-electron chi connectivity index (χ1n) is 6.69. The monoisotopic (exact) mass is 382 g/mol. The molecule has 0 aliphatic heterocycles. The lowest BCUT2D eigenvalue weighted by Gasteiger charge is -2.19. The normalized spacial score (nSPS) is 12.5. The molecule has 0 aromatic heterocycles. The summed E-state index contributed by atoms with van der Waals surface area (Å²) in [5, 5.41) is 0. The van der Waals surface area contributed by atoms with Gasteiger partial charge in [-0.15, -0.1) is 0 Å². The fourth-order valence-corrected chi connectivity index (χ4v) is 3.91. The molecule has 0 fully saturated rings. The molecule has 0 spiro atoms. The highest BCUT2D eigenvalue weighted by atomic mass is 32.2. The Bertz CT molecular complexity index is 714. The van der Waals surface area contributed by atoms with Crippen LogP contribution in [0, 0.1) is 13.8 Å². The maximum atomic E-state index is 12.9. The standard InChI is InChI=1S/C16H12F6S2/c1-9-5-3-6-10(2)13(9)11-7-4-8-12(23-15(17,18)19)14(11)24-16(20,21)22/h3-8H,1-2H3. The van der Waals surface area contributed by atoms with Crippen molar-refractivity contribution in [2.24, 2.45) is 0 Å². The Hall–Kier alpha value is -1.28. The molecule has 0 radical (unpaired) electrons. The molecule has 0 saturated heterocycles. The summed E-state index contributed by atoms with van der Waals surface area (Å²) in [6.45, 7) is 3.43. The van der Waals surface area contributed by atoms with Crippen LogP contribution < -0.4 is 0 Å². The van der Waals surface area contributed by atoms with Crippen LogP contribution in [0.1, 0.15) is 11.1 Å². The molecule has 0 aliphatic carbocycles. The van der Waals surface area contributed by atoms with Gasteiger partial charge in [-0.1, -0.05) is 30.3 Å². The van der Waals surface area contributed by atoms with Gasteiger partial charge in [0.2, 0.25) is 0 Å². The van der Waals surface area contributed by atoms with Gasteiger partial charge >= 0.3 is 11.0 Å². The van der Waals surface area contributed by atoms with Gasteiger partial charge < -0.3 is 0 Å². The van der Waals surface area contributed by atoms with Gasteiger partial charge in [0.05, 0.1) is 0 Å². The van der Waals surface area contributed by atoms with E-state index in [1.807, 2.05) is 0 Å². The van der Waals surface area contributed by atoms with Crippen LogP contribution in [0.4, 0.5) is 26.3 Å². The average molecular weight is 382 g/mol. The van der Waals surface area contributed by atoms with Crippen LogP contribution in [0.2, 0.25) is 0 Å². The van der Waals surface area contributed by atoms with E-state index in [9.17, 15) is 26.3 Å². The lowest BCUT2D eigenvalue weighted by molar-refractivity contribution is -0.0346. The van der Waals surface area contributed by atoms with E-state index in [4.69, 9.17) is 0 Å². The quantitative estimate of drug-likeness (QED) is 0.407. The third-order valence-electron chi connectivity index (χ3n) is 3.17. The Balaban J connectivity index is 2.69. The molecule has 130 valence electrons. The van der Waals surface area contributed by atoms with Crippen molar-refractivity contribution in [1.29, 1.82) is 0 Å². The van der Waals surface area contributed by atoms with Gasteiger partial charge in [-0.05, 0) is 65.7 Å². The zero-order chi connectivity index (χ0) is 18.1. The average Bonchev–Trinajstić information content (AvgIpc) is 2.38. The highest BCUT2D eigenvalue weighted by Gasteiger charge is 2.36. The Morgan fingerprint density at radius 3 is 1.71 bits per heavy atom. The first-order chi connectivity index (χ1) is 11.0. The van der Waals surface area contributed by atoms with Crippen molar-refractivity contribution in [3.05, 3.63) is 47.5 Å². The Morgan fingerprint density at radius 1 is 0.708 bits per heavy atom. The Morgan fingerprint density at radius 2 is 1.21 bits per heavy atom. The van der Waals surface area contributed by atoms with E-state index in [-0.39, 0.29) is 5.56 Å². The zero-order valence-corrected chi connectivity index (χ0v) is 14.2. The number of benzene rings is 2. The third-order valence-corrected chi connectivity index (χ3v) is 4.97. The van der Waals surface area contributed by atoms with Crippen molar-refractivity contribution < 1.29 is 26.3 Å². The second kappa shape index (κ2) is 6.92. The summed E-state index contributed by atoms with van der Waals surface area (Å²) in [6, 6.07) is 9.00. The molecule has 0 bridgehead atoms.